The summed E-state index contributed by atoms with van der Waals surface area (Å²) in [5.41, 5.74) is 13.5. The van der Waals surface area contributed by atoms with Crippen molar-refractivity contribution in [3.05, 3.63) is 54.1 Å². The second-order valence-electron chi connectivity index (χ2n) is 3.56. The molecule has 0 atom stereocenters. The van der Waals surface area contributed by atoms with Gasteiger partial charge in [-0.15, -0.1) is 12.4 Å². The quantitative estimate of drug-likeness (QED) is 0.824. The third-order valence-electron chi connectivity index (χ3n) is 2.31. The van der Waals surface area contributed by atoms with Crippen LogP contribution < -0.4 is 16.2 Å². The fourth-order valence-corrected chi connectivity index (χ4v) is 1.38. The summed E-state index contributed by atoms with van der Waals surface area (Å²) in [5.74, 6) is 0.732. The van der Waals surface area contributed by atoms with Crippen molar-refractivity contribution in [1.82, 2.24) is 0 Å². The molecule has 4 N–H and O–H groups in total. The van der Waals surface area contributed by atoms with E-state index in [2.05, 4.69) is 0 Å². The first-order valence-electron chi connectivity index (χ1n) is 5.07. The summed E-state index contributed by atoms with van der Waals surface area (Å²) in [7, 11) is 0. The van der Waals surface area contributed by atoms with E-state index in [0.717, 1.165) is 11.3 Å². The SMILES string of the molecule is Cl.Nc1ccc(OCc2ccccc2)cc1N. The highest BCUT2D eigenvalue weighted by atomic mass is 35.5. The molecular formula is C13H15ClN2O. The highest BCUT2D eigenvalue weighted by Crippen LogP contribution is 2.22. The maximum Gasteiger partial charge on any atom is 0.122 e. The van der Waals surface area contributed by atoms with Gasteiger partial charge in [0, 0.05) is 6.07 Å². The number of hydrogen-bond acceptors (Lipinski definition) is 3. The molecule has 0 fully saturated rings. The number of halogens is 1. The molecule has 3 nitrogen and oxygen atoms in total. The molecular weight excluding hydrogens is 236 g/mol. The smallest absolute Gasteiger partial charge is 0.122 e. The van der Waals surface area contributed by atoms with Crippen molar-refractivity contribution in [3.63, 3.8) is 0 Å². The van der Waals surface area contributed by atoms with Crippen molar-refractivity contribution < 1.29 is 4.74 Å². The minimum atomic E-state index is 0. The molecule has 0 saturated carbocycles. The Balaban J connectivity index is 0.00000144. The van der Waals surface area contributed by atoms with E-state index in [1.165, 1.54) is 0 Å². The number of anilines is 2. The van der Waals surface area contributed by atoms with Gasteiger partial charge in [-0.2, -0.15) is 0 Å². The van der Waals surface area contributed by atoms with Crippen LogP contribution in [0.1, 0.15) is 5.56 Å². The summed E-state index contributed by atoms with van der Waals surface area (Å²) in [4.78, 5) is 0. The molecule has 0 saturated heterocycles. The van der Waals surface area contributed by atoms with Crippen LogP contribution in [-0.2, 0) is 6.61 Å². The molecule has 2 aromatic carbocycles. The lowest BCUT2D eigenvalue weighted by Crippen LogP contribution is -1.98. The van der Waals surface area contributed by atoms with Gasteiger partial charge in [0.25, 0.3) is 0 Å². The van der Waals surface area contributed by atoms with Crippen molar-refractivity contribution >= 4 is 23.8 Å². The van der Waals surface area contributed by atoms with Crippen molar-refractivity contribution in [3.8, 4) is 5.75 Å². The van der Waals surface area contributed by atoms with Crippen LogP contribution in [0.15, 0.2) is 48.5 Å². The van der Waals surface area contributed by atoms with Crippen molar-refractivity contribution in [2.24, 2.45) is 0 Å². The normalized spacial score (nSPS) is 9.41. The van der Waals surface area contributed by atoms with Gasteiger partial charge in [0.05, 0.1) is 11.4 Å². The minimum Gasteiger partial charge on any atom is -0.489 e. The van der Waals surface area contributed by atoms with Crippen LogP contribution >= 0.6 is 12.4 Å². The molecule has 2 rings (SSSR count). The molecule has 2 aromatic rings. The van der Waals surface area contributed by atoms with E-state index in [-0.39, 0.29) is 12.4 Å². The monoisotopic (exact) mass is 250 g/mol. The van der Waals surface area contributed by atoms with Gasteiger partial charge in [0.15, 0.2) is 0 Å². The zero-order chi connectivity index (χ0) is 11.4. The predicted molar refractivity (Wildman–Crippen MR) is 73.3 cm³/mol. The van der Waals surface area contributed by atoms with Crippen LogP contribution in [0.2, 0.25) is 0 Å². The Hall–Kier alpha value is -1.87. The summed E-state index contributed by atoms with van der Waals surface area (Å²) in [5, 5.41) is 0. The van der Waals surface area contributed by atoms with Crippen LogP contribution in [0.3, 0.4) is 0 Å². The van der Waals surface area contributed by atoms with Gasteiger partial charge < -0.3 is 16.2 Å². The predicted octanol–water partition coefficient (Wildman–Crippen LogP) is 2.85. The average molecular weight is 251 g/mol. The highest BCUT2D eigenvalue weighted by molar-refractivity contribution is 5.85. The van der Waals surface area contributed by atoms with Gasteiger partial charge in [-0.1, -0.05) is 30.3 Å². The second kappa shape index (κ2) is 6.01. The third-order valence-corrected chi connectivity index (χ3v) is 2.31. The largest absolute Gasteiger partial charge is 0.489 e. The topological polar surface area (TPSA) is 61.3 Å². The Morgan fingerprint density at radius 2 is 1.59 bits per heavy atom. The zero-order valence-electron chi connectivity index (χ0n) is 9.30. The van der Waals surface area contributed by atoms with Crippen LogP contribution in [0.25, 0.3) is 0 Å². The summed E-state index contributed by atoms with van der Waals surface area (Å²) >= 11 is 0. The summed E-state index contributed by atoms with van der Waals surface area (Å²) in [6.07, 6.45) is 0. The lowest BCUT2D eigenvalue weighted by atomic mass is 10.2. The van der Waals surface area contributed by atoms with E-state index in [9.17, 15) is 0 Å². The lowest BCUT2D eigenvalue weighted by Gasteiger charge is -2.07. The van der Waals surface area contributed by atoms with Gasteiger partial charge in [0.1, 0.15) is 12.4 Å². The molecule has 0 spiro atoms. The van der Waals surface area contributed by atoms with E-state index in [1.54, 1.807) is 12.1 Å². The molecule has 0 unspecified atom stereocenters. The molecule has 17 heavy (non-hydrogen) atoms. The maximum atomic E-state index is 5.68. The van der Waals surface area contributed by atoms with E-state index >= 15 is 0 Å². The first-order chi connectivity index (χ1) is 7.75. The molecule has 0 heterocycles. The molecule has 0 amide bonds. The number of rotatable bonds is 3. The van der Waals surface area contributed by atoms with Gasteiger partial charge in [-0.3, -0.25) is 0 Å². The standard InChI is InChI=1S/C13H14N2O.ClH/c14-12-7-6-11(8-13(12)15)16-9-10-4-2-1-3-5-10;/h1-8H,9,14-15H2;1H. The van der Waals surface area contributed by atoms with E-state index in [0.29, 0.717) is 18.0 Å². The van der Waals surface area contributed by atoms with Crippen molar-refractivity contribution in [2.45, 2.75) is 6.61 Å². The van der Waals surface area contributed by atoms with Crippen LogP contribution in [0.4, 0.5) is 11.4 Å². The van der Waals surface area contributed by atoms with E-state index in [4.69, 9.17) is 16.2 Å². The second-order valence-corrected chi connectivity index (χ2v) is 3.56. The van der Waals surface area contributed by atoms with Crippen molar-refractivity contribution in [1.29, 1.82) is 0 Å². The van der Waals surface area contributed by atoms with Crippen LogP contribution in [0, 0.1) is 0 Å². The minimum absolute atomic E-state index is 0. The molecule has 0 aliphatic heterocycles. The van der Waals surface area contributed by atoms with Crippen molar-refractivity contribution in [2.75, 3.05) is 11.5 Å². The highest BCUT2D eigenvalue weighted by Gasteiger charge is 1.98. The van der Waals surface area contributed by atoms with Gasteiger partial charge in [-0.25, -0.2) is 0 Å². The molecule has 90 valence electrons. The van der Waals surface area contributed by atoms with E-state index in [1.807, 2.05) is 36.4 Å². The van der Waals surface area contributed by atoms with Gasteiger partial charge >= 0.3 is 0 Å². The van der Waals surface area contributed by atoms with E-state index < -0.39 is 0 Å². The van der Waals surface area contributed by atoms with Crippen LogP contribution in [0.5, 0.6) is 5.75 Å². The number of nitrogens with two attached hydrogens (primary N) is 2. The Labute approximate surface area is 107 Å². The van der Waals surface area contributed by atoms with Gasteiger partial charge in [-0.05, 0) is 17.7 Å². The molecule has 0 bridgehead atoms. The molecule has 0 aromatic heterocycles. The third kappa shape index (κ3) is 3.57. The first-order valence-corrected chi connectivity index (χ1v) is 5.07. The Morgan fingerprint density at radius 1 is 0.882 bits per heavy atom. The van der Waals surface area contributed by atoms with Crippen LogP contribution in [-0.4, -0.2) is 0 Å². The summed E-state index contributed by atoms with van der Waals surface area (Å²) in [6, 6.07) is 15.3. The average Bonchev–Trinajstić information content (AvgIpc) is 2.32. The molecule has 0 aliphatic carbocycles. The Morgan fingerprint density at radius 3 is 2.24 bits per heavy atom. The number of benzene rings is 2. The number of nitrogen functional groups attached to an aromatic ring is 2. The number of ether oxygens (including phenoxy) is 1. The summed E-state index contributed by atoms with van der Waals surface area (Å²) < 4.78 is 5.59. The Bertz CT molecular complexity index is 474. The molecule has 0 radical (unpaired) electrons. The lowest BCUT2D eigenvalue weighted by molar-refractivity contribution is 0.306. The fraction of sp³-hybridized carbons (Fsp3) is 0.0769. The maximum absolute atomic E-state index is 5.68. The molecule has 0 aliphatic rings. The fourth-order valence-electron chi connectivity index (χ4n) is 1.38. The Kier molecular flexibility index (Phi) is 4.67. The summed E-state index contributed by atoms with van der Waals surface area (Å²) in [6.45, 7) is 0.532. The first kappa shape index (κ1) is 13.2. The molecule has 4 heteroatoms. The zero-order valence-corrected chi connectivity index (χ0v) is 10.1. The number of hydrogen-bond donors (Lipinski definition) is 2. The van der Waals surface area contributed by atoms with Gasteiger partial charge in [0.2, 0.25) is 0 Å².